The third-order valence-electron chi connectivity index (χ3n) is 4.71. The van der Waals surface area contributed by atoms with Crippen molar-refractivity contribution in [2.24, 2.45) is 0 Å². The van der Waals surface area contributed by atoms with Crippen molar-refractivity contribution in [2.75, 3.05) is 13.2 Å². The number of aliphatic hydroxyl groups is 8. The van der Waals surface area contributed by atoms with Gasteiger partial charge in [0.05, 0.1) is 13.2 Å². The van der Waals surface area contributed by atoms with Crippen molar-refractivity contribution >= 4 is 23.5 Å². The van der Waals surface area contributed by atoms with Gasteiger partial charge in [0.2, 0.25) is 23.7 Å². The molecular formula is C16H18O14. The van der Waals surface area contributed by atoms with E-state index in [9.17, 15) is 60.0 Å². The highest BCUT2D eigenvalue weighted by Gasteiger charge is 2.55. The van der Waals surface area contributed by atoms with E-state index in [0.717, 1.165) is 0 Å². The quantitative estimate of drug-likeness (QED) is 0.167. The lowest BCUT2D eigenvalue weighted by Gasteiger charge is -2.31. The van der Waals surface area contributed by atoms with Crippen molar-refractivity contribution in [1.29, 1.82) is 0 Å². The Morgan fingerprint density at radius 3 is 1.23 bits per heavy atom. The maximum Gasteiger partial charge on any atom is 0.378 e. The first kappa shape index (κ1) is 23.1. The number of ketones is 2. The average molecular weight is 434 g/mol. The van der Waals surface area contributed by atoms with Crippen molar-refractivity contribution in [1.82, 2.24) is 0 Å². The molecule has 14 nitrogen and oxygen atoms in total. The molecule has 30 heavy (non-hydrogen) atoms. The minimum absolute atomic E-state index is 0.961. The molecule has 0 saturated heterocycles. The molecule has 0 unspecified atom stereocenters. The van der Waals surface area contributed by atoms with E-state index in [-0.39, 0.29) is 0 Å². The van der Waals surface area contributed by atoms with E-state index < -0.39 is 96.0 Å². The third kappa shape index (κ3) is 3.45. The summed E-state index contributed by atoms with van der Waals surface area (Å²) in [6, 6.07) is 0. The molecule has 2 heterocycles. The molecule has 0 aromatic carbocycles. The Balaban J connectivity index is 2.17. The third-order valence-corrected chi connectivity index (χ3v) is 4.71. The van der Waals surface area contributed by atoms with Crippen LogP contribution < -0.4 is 0 Å². The largest absolute Gasteiger partial charge is 0.505 e. The van der Waals surface area contributed by atoms with Crippen LogP contribution in [0.15, 0.2) is 23.0 Å². The number of Topliss-reactive ketones (excluding diaryl/α,β-unsaturated/α-hetero) is 2. The first-order valence-corrected chi connectivity index (χ1v) is 8.24. The summed E-state index contributed by atoms with van der Waals surface area (Å²) in [7, 11) is 0. The number of aliphatic hydroxyl groups excluding tert-OH is 6. The number of rotatable bonds is 9. The molecular weight excluding hydrogens is 416 g/mol. The van der Waals surface area contributed by atoms with Gasteiger partial charge in [-0.3, -0.25) is 9.59 Å². The minimum Gasteiger partial charge on any atom is -0.505 e. The second kappa shape index (κ2) is 7.91. The van der Waals surface area contributed by atoms with Gasteiger partial charge in [0, 0.05) is 12.8 Å². The van der Waals surface area contributed by atoms with Crippen LogP contribution in [0.1, 0.15) is 12.8 Å². The zero-order valence-electron chi connectivity index (χ0n) is 15.0. The van der Waals surface area contributed by atoms with Crippen molar-refractivity contribution in [3.05, 3.63) is 23.0 Å². The zero-order valence-corrected chi connectivity index (χ0v) is 15.0. The van der Waals surface area contributed by atoms with E-state index in [1.54, 1.807) is 0 Å². The Morgan fingerprint density at radius 1 is 0.733 bits per heavy atom. The molecule has 0 aromatic rings. The van der Waals surface area contributed by atoms with Crippen LogP contribution in [0.2, 0.25) is 0 Å². The fourth-order valence-corrected chi connectivity index (χ4v) is 2.84. The van der Waals surface area contributed by atoms with Gasteiger partial charge in [0.1, 0.15) is 0 Å². The lowest BCUT2D eigenvalue weighted by molar-refractivity contribution is -0.173. The van der Waals surface area contributed by atoms with Crippen LogP contribution in [0.5, 0.6) is 0 Å². The van der Waals surface area contributed by atoms with Gasteiger partial charge in [-0.15, -0.1) is 0 Å². The first-order valence-electron chi connectivity index (χ1n) is 8.24. The highest BCUT2D eigenvalue weighted by Crippen LogP contribution is 2.32. The van der Waals surface area contributed by atoms with E-state index in [1.165, 1.54) is 0 Å². The highest BCUT2D eigenvalue weighted by atomic mass is 16.6. The van der Waals surface area contributed by atoms with E-state index in [4.69, 9.17) is 0 Å². The topological polar surface area (TPSA) is 249 Å². The molecule has 0 amide bonds. The number of hydrogen-bond acceptors (Lipinski definition) is 14. The monoisotopic (exact) mass is 434 g/mol. The number of esters is 2. The molecule has 8 N–H and O–H groups in total. The SMILES string of the molecule is O=C1O[C@H]([C@@](O)(CO)C(=O)CCC(=O)[C@](O)(CO)[C@H]2OC(=O)C(O)=C2O)C(O)=C1O. The Bertz CT molecular complexity index is 786. The number of ether oxygens (including phenoxy) is 2. The fraction of sp³-hybridized carbons (Fsp3) is 0.500. The Morgan fingerprint density at radius 2 is 1.03 bits per heavy atom. The number of carbonyl (C=O) groups excluding carboxylic acids is 4. The molecule has 0 fully saturated rings. The van der Waals surface area contributed by atoms with E-state index in [1.807, 2.05) is 0 Å². The average Bonchev–Trinajstić information content (AvgIpc) is 3.15. The number of hydrogen-bond donors (Lipinski definition) is 8. The molecule has 0 aliphatic carbocycles. The summed E-state index contributed by atoms with van der Waals surface area (Å²) in [4.78, 5) is 47.2. The zero-order chi connectivity index (χ0) is 23.0. The summed E-state index contributed by atoms with van der Waals surface area (Å²) in [6.07, 6.45) is -6.27. The van der Waals surface area contributed by atoms with E-state index in [2.05, 4.69) is 9.47 Å². The van der Waals surface area contributed by atoms with Gasteiger partial charge >= 0.3 is 11.9 Å². The first-order chi connectivity index (χ1) is 13.8. The smallest absolute Gasteiger partial charge is 0.378 e. The van der Waals surface area contributed by atoms with Gasteiger partial charge in [-0.25, -0.2) is 9.59 Å². The molecule has 2 aliphatic rings. The number of carbonyl (C=O) groups is 4. The molecule has 166 valence electrons. The standard InChI is InChI=1S/C16H18O14/c17-3-15(27,11-7(21)9(23)13(25)29-11)5(19)1-2-6(20)16(28,4-18)12-8(22)10(24)14(26)30-12/h11-12,17-18,21-24,27-28H,1-4H2/t11-,12-,15+,16+/m0/s1. The van der Waals surface area contributed by atoms with Crippen LogP contribution in [0, 0.1) is 0 Å². The number of cyclic esters (lactones) is 2. The summed E-state index contributed by atoms with van der Waals surface area (Å²) in [5, 5.41) is 77.2. The maximum atomic E-state index is 12.4. The molecule has 0 aromatic heterocycles. The maximum absolute atomic E-state index is 12.4. The Labute approximate surface area is 166 Å². The van der Waals surface area contributed by atoms with Gasteiger partial charge < -0.3 is 50.3 Å². The van der Waals surface area contributed by atoms with Crippen LogP contribution in [0.4, 0.5) is 0 Å². The van der Waals surface area contributed by atoms with Gasteiger partial charge in [-0.1, -0.05) is 0 Å². The molecule has 2 rings (SSSR count). The van der Waals surface area contributed by atoms with Crippen LogP contribution in [-0.4, -0.2) is 101 Å². The molecule has 14 heteroatoms. The predicted molar refractivity (Wildman–Crippen MR) is 87.6 cm³/mol. The second-order valence-electron chi connectivity index (χ2n) is 6.55. The van der Waals surface area contributed by atoms with Crippen LogP contribution in [0.25, 0.3) is 0 Å². The van der Waals surface area contributed by atoms with Gasteiger partial charge in [0.15, 0.2) is 34.3 Å². The van der Waals surface area contributed by atoms with Crippen molar-refractivity contribution in [2.45, 2.75) is 36.3 Å². The normalized spacial score (nSPS) is 25.6. The lowest BCUT2D eigenvalue weighted by atomic mass is 9.84. The van der Waals surface area contributed by atoms with Crippen molar-refractivity contribution in [3.63, 3.8) is 0 Å². The second-order valence-corrected chi connectivity index (χ2v) is 6.55. The minimum atomic E-state index is -2.97. The predicted octanol–water partition coefficient (Wildman–Crippen LogP) is -3.14. The summed E-state index contributed by atoms with van der Waals surface area (Å²) < 4.78 is 8.87. The van der Waals surface area contributed by atoms with Crippen molar-refractivity contribution in [3.8, 4) is 0 Å². The van der Waals surface area contributed by atoms with Crippen LogP contribution in [-0.2, 0) is 28.7 Å². The molecule has 2 aliphatic heterocycles. The van der Waals surface area contributed by atoms with Crippen molar-refractivity contribution < 1.29 is 69.5 Å². The Hall–Kier alpha value is -3.20. The van der Waals surface area contributed by atoms with E-state index >= 15 is 0 Å². The summed E-state index contributed by atoms with van der Waals surface area (Å²) in [5.74, 6) is -10.8. The summed E-state index contributed by atoms with van der Waals surface area (Å²) in [6.45, 7) is -2.81. The van der Waals surface area contributed by atoms with Crippen LogP contribution in [0.3, 0.4) is 0 Å². The molecule has 4 atom stereocenters. The fourth-order valence-electron chi connectivity index (χ4n) is 2.84. The summed E-state index contributed by atoms with van der Waals surface area (Å²) in [5.41, 5.74) is -5.94. The van der Waals surface area contributed by atoms with E-state index in [0.29, 0.717) is 0 Å². The molecule has 0 radical (unpaired) electrons. The molecule has 0 bridgehead atoms. The highest BCUT2D eigenvalue weighted by molar-refractivity contribution is 5.98. The molecule has 0 saturated carbocycles. The lowest BCUT2D eigenvalue weighted by Crippen LogP contribution is -2.55. The Kier molecular flexibility index (Phi) is 6.08. The van der Waals surface area contributed by atoms with Gasteiger partial charge in [-0.05, 0) is 0 Å². The van der Waals surface area contributed by atoms with Crippen LogP contribution >= 0.6 is 0 Å². The summed E-state index contributed by atoms with van der Waals surface area (Å²) >= 11 is 0. The molecule has 0 spiro atoms. The van der Waals surface area contributed by atoms with Gasteiger partial charge in [-0.2, -0.15) is 0 Å². The van der Waals surface area contributed by atoms with Gasteiger partial charge in [0.25, 0.3) is 0 Å².